The number of benzene rings is 1. The topological polar surface area (TPSA) is 110 Å². The van der Waals surface area contributed by atoms with E-state index in [0.29, 0.717) is 44.0 Å². The lowest BCUT2D eigenvalue weighted by molar-refractivity contribution is -0.141. The van der Waals surface area contributed by atoms with E-state index in [1.54, 1.807) is 30.1 Å². The van der Waals surface area contributed by atoms with Crippen molar-refractivity contribution in [2.24, 2.45) is 17.8 Å². The maximum absolute atomic E-state index is 13.7. The molecule has 1 saturated heterocycles. The van der Waals surface area contributed by atoms with Crippen LogP contribution in [0.2, 0.25) is 5.02 Å². The molecule has 1 aromatic carbocycles. The molecule has 3 N–H and O–H groups in total. The SMILES string of the molecule is C=C(Nc1ccc(C(=O)N2CCN(C(C)=NC(CC)CN)CC2)c(Cl)c1)c1ncc(-c2cn(CCF)nc2C(F)(F)F)n1C. The van der Waals surface area contributed by atoms with Crippen molar-refractivity contribution >= 4 is 34.7 Å². The van der Waals surface area contributed by atoms with Gasteiger partial charge in [-0.15, -0.1) is 0 Å². The number of nitrogens with two attached hydrogens (primary N) is 1. The Morgan fingerprint density at radius 2 is 1.91 bits per heavy atom. The maximum atomic E-state index is 13.7. The number of imidazole rings is 1. The number of amides is 1. The first-order valence-electron chi connectivity index (χ1n) is 14.1. The number of aliphatic imine (C=N–C) groups is 1. The molecule has 1 atom stereocenters. The van der Waals surface area contributed by atoms with Crippen molar-refractivity contribution < 1.29 is 22.4 Å². The third kappa shape index (κ3) is 7.24. The zero-order chi connectivity index (χ0) is 32.2. The van der Waals surface area contributed by atoms with Crippen LogP contribution in [-0.4, -0.2) is 86.3 Å². The van der Waals surface area contributed by atoms with Crippen LogP contribution in [0.1, 0.15) is 42.1 Å². The molecule has 4 rings (SSSR count). The van der Waals surface area contributed by atoms with Gasteiger partial charge in [0, 0.05) is 51.7 Å². The first-order valence-corrected chi connectivity index (χ1v) is 14.5. The van der Waals surface area contributed by atoms with E-state index >= 15 is 0 Å². The summed E-state index contributed by atoms with van der Waals surface area (Å²) in [5.41, 5.74) is 5.69. The molecule has 1 aliphatic heterocycles. The number of halogens is 5. The summed E-state index contributed by atoms with van der Waals surface area (Å²) in [4.78, 5) is 26.1. The Morgan fingerprint density at radius 1 is 1.23 bits per heavy atom. The van der Waals surface area contributed by atoms with Gasteiger partial charge >= 0.3 is 6.18 Å². The van der Waals surface area contributed by atoms with Crippen molar-refractivity contribution in [1.82, 2.24) is 29.1 Å². The Bertz CT molecular complexity index is 1520. The summed E-state index contributed by atoms with van der Waals surface area (Å²) in [7, 11) is 1.54. The summed E-state index contributed by atoms with van der Waals surface area (Å²) in [5, 5.41) is 6.81. The van der Waals surface area contributed by atoms with Crippen molar-refractivity contribution in [3.05, 3.63) is 59.3 Å². The van der Waals surface area contributed by atoms with E-state index in [1.165, 1.54) is 10.8 Å². The number of piperazine rings is 1. The van der Waals surface area contributed by atoms with Gasteiger partial charge in [-0.3, -0.25) is 14.5 Å². The Labute approximate surface area is 258 Å². The van der Waals surface area contributed by atoms with Crippen LogP contribution in [-0.2, 0) is 19.8 Å². The summed E-state index contributed by atoms with van der Waals surface area (Å²) >= 11 is 6.52. The van der Waals surface area contributed by atoms with Crippen molar-refractivity contribution in [3.8, 4) is 11.3 Å². The summed E-state index contributed by atoms with van der Waals surface area (Å²) in [6.45, 7) is 9.63. The molecule has 1 amide bonds. The highest BCUT2D eigenvalue weighted by Gasteiger charge is 2.38. The molecule has 10 nitrogen and oxygen atoms in total. The zero-order valence-corrected chi connectivity index (χ0v) is 25.6. The van der Waals surface area contributed by atoms with Gasteiger partial charge in [-0.2, -0.15) is 18.3 Å². The minimum Gasteiger partial charge on any atom is -0.357 e. The zero-order valence-electron chi connectivity index (χ0n) is 24.8. The molecular formula is C29H36ClF4N9O. The normalized spacial score (nSPS) is 15.1. The molecule has 2 aromatic heterocycles. The van der Waals surface area contributed by atoms with E-state index in [0.717, 1.165) is 23.1 Å². The number of rotatable bonds is 10. The summed E-state index contributed by atoms with van der Waals surface area (Å²) in [5.74, 6) is 0.983. The quantitative estimate of drug-likeness (QED) is 0.186. The first-order chi connectivity index (χ1) is 20.9. The van der Waals surface area contributed by atoms with Gasteiger partial charge in [0.2, 0.25) is 0 Å². The van der Waals surface area contributed by atoms with Crippen LogP contribution in [0, 0.1) is 0 Å². The second kappa shape index (κ2) is 13.8. The number of amidine groups is 1. The van der Waals surface area contributed by atoms with E-state index in [2.05, 4.69) is 31.9 Å². The van der Waals surface area contributed by atoms with Gasteiger partial charge in [0.1, 0.15) is 6.67 Å². The van der Waals surface area contributed by atoms with Crippen molar-refractivity contribution in [2.75, 3.05) is 44.7 Å². The van der Waals surface area contributed by atoms with E-state index in [4.69, 9.17) is 17.3 Å². The third-order valence-electron chi connectivity index (χ3n) is 7.51. The largest absolute Gasteiger partial charge is 0.435 e. The average molecular weight is 638 g/mol. The first kappa shape index (κ1) is 33.0. The average Bonchev–Trinajstić information content (AvgIpc) is 3.59. The molecule has 1 unspecified atom stereocenters. The lowest BCUT2D eigenvalue weighted by Crippen LogP contribution is -2.50. The van der Waals surface area contributed by atoms with Crippen LogP contribution < -0.4 is 11.1 Å². The van der Waals surface area contributed by atoms with Crippen molar-refractivity contribution in [1.29, 1.82) is 0 Å². The highest BCUT2D eigenvalue weighted by molar-refractivity contribution is 6.34. The van der Waals surface area contributed by atoms with E-state index in [-0.39, 0.29) is 46.3 Å². The molecule has 3 aromatic rings. The Morgan fingerprint density at radius 3 is 2.50 bits per heavy atom. The number of nitrogens with one attached hydrogen (secondary N) is 1. The molecule has 0 radical (unpaired) electrons. The number of carbonyl (C=O) groups excluding carboxylic acids is 1. The summed E-state index contributed by atoms with van der Waals surface area (Å²) < 4.78 is 56.1. The van der Waals surface area contributed by atoms with Gasteiger partial charge in [0.25, 0.3) is 5.91 Å². The molecule has 44 heavy (non-hydrogen) atoms. The van der Waals surface area contributed by atoms with E-state index < -0.39 is 18.5 Å². The van der Waals surface area contributed by atoms with Gasteiger partial charge in [0.15, 0.2) is 11.5 Å². The second-order valence-electron chi connectivity index (χ2n) is 10.4. The van der Waals surface area contributed by atoms with E-state index in [9.17, 15) is 22.4 Å². The fourth-order valence-corrected chi connectivity index (χ4v) is 5.28. The van der Waals surface area contributed by atoms with Crippen LogP contribution >= 0.6 is 11.6 Å². The maximum Gasteiger partial charge on any atom is 0.435 e. The van der Waals surface area contributed by atoms with Crippen molar-refractivity contribution in [3.63, 3.8) is 0 Å². The van der Waals surface area contributed by atoms with Gasteiger partial charge in [0.05, 0.1) is 52.2 Å². The Kier molecular flexibility index (Phi) is 10.4. The molecule has 0 bridgehead atoms. The van der Waals surface area contributed by atoms with Gasteiger partial charge in [-0.25, -0.2) is 9.37 Å². The Balaban J connectivity index is 1.44. The molecule has 0 aliphatic carbocycles. The Hall–Kier alpha value is -3.91. The fourth-order valence-electron chi connectivity index (χ4n) is 5.02. The van der Waals surface area contributed by atoms with Crippen LogP contribution in [0.4, 0.5) is 23.2 Å². The number of anilines is 1. The number of hydrogen-bond acceptors (Lipinski definition) is 6. The number of aryl methyl sites for hydroxylation is 1. The number of carbonyl (C=O) groups is 1. The molecule has 1 aliphatic rings. The van der Waals surface area contributed by atoms with Crippen LogP contribution in [0.5, 0.6) is 0 Å². The van der Waals surface area contributed by atoms with Crippen LogP contribution in [0.25, 0.3) is 17.0 Å². The monoisotopic (exact) mass is 637 g/mol. The minimum atomic E-state index is -4.74. The predicted octanol–water partition coefficient (Wildman–Crippen LogP) is 4.92. The second-order valence-corrected chi connectivity index (χ2v) is 10.8. The third-order valence-corrected chi connectivity index (χ3v) is 7.82. The summed E-state index contributed by atoms with van der Waals surface area (Å²) in [6.07, 6.45) is -1.46. The lowest BCUT2D eigenvalue weighted by Gasteiger charge is -2.36. The van der Waals surface area contributed by atoms with Crippen LogP contribution in [0.3, 0.4) is 0 Å². The molecule has 3 heterocycles. The molecule has 238 valence electrons. The highest BCUT2D eigenvalue weighted by atomic mass is 35.5. The lowest BCUT2D eigenvalue weighted by atomic mass is 10.1. The number of nitrogens with zero attached hydrogens (tertiary/aromatic N) is 7. The fraction of sp³-hybridized carbons (Fsp3) is 0.448. The molecule has 15 heteroatoms. The summed E-state index contributed by atoms with van der Waals surface area (Å²) in [6, 6.07) is 4.95. The molecule has 0 spiro atoms. The standard InChI is InChI=1S/C29H36ClF4N9O/c1-5-20(15-35)38-19(3)41-10-12-42(13-11-41)28(44)22-7-6-21(14-24(22)30)37-18(2)27-36-16-25(40(27)4)23-17-43(9-8-31)39-26(23)29(32,33)34/h6-7,14,16-17,20,37H,2,5,8-13,15,35H2,1,3-4H3. The molecule has 0 saturated carbocycles. The minimum absolute atomic E-state index is 0.0803. The molecular weight excluding hydrogens is 602 g/mol. The smallest absolute Gasteiger partial charge is 0.357 e. The van der Waals surface area contributed by atoms with Gasteiger partial charge in [-0.05, 0) is 31.5 Å². The molecule has 1 fully saturated rings. The highest BCUT2D eigenvalue weighted by Crippen LogP contribution is 2.36. The number of alkyl halides is 4. The predicted molar refractivity (Wildman–Crippen MR) is 163 cm³/mol. The van der Waals surface area contributed by atoms with Crippen molar-refractivity contribution in [2.45, 2.75) is 39.0 Å². The number of aromatic nitrogens is 4. The van der Waals surface area contributed by atoms with Gasteiger partial charge < -0.3 is 25.4 Å². The van der Waals surface area contributed by atoms with Gasteiger partial charge in [-0.1, -0.05) is 25.1 Å². The van der Waals surface area contributed by atoms with E-state index in [1.807, 2.05) is 13.8 Å². The van der Waals surface area contributed by atoms with Crippen LogP contribution in [0.15, 0.2) is 42.2 Å². The number of hydrogen-bond donors (Lipinski definition) is 2.